The lowest BCUT2D eigenvalue weighted by Gasteiger charge is -2.19. The molecule has 0 spiro atoms. The van der Waals surface area contributed by atoms with Crippen molar-refractivity contribution in [3.8, 4) is 0 Å². The molecule has 0 saturated carbocycles. The van der Waals surface area contributed by atoms with E-state index in [0.29, 0.717) is 6.04 Å². The summed E-state index contributed by atoms with van der Waals surface area (Å²) in [4.78, 5) is 6.56. The van der Waals surface area contributed by atoms with Gasteiger partial charge in [-0.2, -0.15) is 0 Å². The smallest absolute Gasteiger partial charge is 0.128 e. The Morgan fingerprint density at radius 2 is 2.17 bits per heavy atom. The average molecular weight is 270 g/mol. The molecule has 1 heterocycles. The number of unbranched alkanes of at least 4 members (excludes halogenated alkanes) is 1. The molecule has 0 saturated heterocycles. The predicted molar refractivity (Wildman–Crippen MR) is 79.4 cm³/mol. The molecule has 0 atom stereocenters. The summed E-state index contributed by atoms with van der Waals surface area (Å²) in [5, 5.41) is 4.11. The second-order valence-corrected chi connectivity index (χ2v) is 5.35. The minimum absolute atomic E-state index is 0.454. The number of halogens is 1. The van der Waals surface area contributed by atoms with Crippen LogP contribution < -0.4 is 10.2 Å². The van der Waals surface area contributed by atoms with E-state index in [1.54, 1.807) is 6.20 Å². The molecular formula is C14H24ClN3. The highest BCUT2D eigenvalue weighted by Crippen LogP contribution is 2.20. The van der Waals surface area contributed by atoms with Crippen molar-refractivity contribution < 1.29 is 0 Å². The van der Waals surface area contributed by atoms with E-state index < -0.39 is 0 Å². The number of pyridine rings is 1. The number of anilines is 1. The number of hydrogen-bond acceptors (Lipinski definition) is 3. The Bertz CT molecular complexity index is 366. The fourth-order valence-corrected chi connectivity index (χ4v) is 1.81. The molecule has 0 aliphatic rings. The summed E-state index contributed by atoms with van der Waals surface area (Å²) < 4.78 is 0. The second kappa shape index (κ2) is 7.59. The van der Waals surface area contributed by atoms with Crippen LogP contribution in [0.2, 0.25) is 5.02 Å². The molecule has 0 amide bonds. The molecule has 18 heavy (non-hydrogen) atoms. The first kappa shape index (κ1) is 15.3. The Balaban J connectivity index is 2.73. The van der Waals surface area contributed by atoms with Gasteiger partial charge in [0.05, 0.1) is 5.02 Å². The number of aromatic nitrogens is 1. The summed E-state index contributed by atoms with van der Waals surface area (Å²) in [6.45, 7) is 8.27. The van der Waals surface area contributed by atoms with Crippen molar-refractivity contribution in [3.63, 3.8) is 0 Å². The topological polar surface area (TPSA) is 28.2 Å². The van der Waals surface area contributed by atoms with Crippen LogP contribution in [0.5, 0.6) is 0 Å². The van der Waals surface area contributed by atoms with Gasteiger partial charge in [0.1, 0.15) is 5.82 Å². The molecule has 3 nitrogen and oxygen atoms in total. The third-order valence-corrected chi connectivity index (χ3v) is 3.20. The van der Waals surface area contributed by atoms with E-state index in [9.17, 15) is 0 Å². The SMILES string of the molecule is CCCCN(C)c1cc(CNC(C)C)c(Cl)cn1. The number of nitrogens with zero attached hydrogens (tertiary/aromatic N) is 2. The van der Waals surface area contributed by atoms with Crippen molar-refractivity contribution in [3.05, 3.63) is 22.8 Å². The van der Waals surface area contributed by atoms with Crippen LogP contribution in [0.25, 0.3) is 0 Å². The van der Waals surface area contributed by atoms with Crippen LogP contribution in [0.3, 0.4) is 0 Å². The minimum atomic E-state index is 0.454. The largest absolute Gasteiger partial charge is 0.360 e. The molecular weight excluding hydrogens is 246 g/mol. The first-order valence-corrected chi connectivity index (χ1v) is 7.01. The van der Waals surface area contributed by atoms with Crippen LogP contribution in [0.1, 0.15) is 39.2 Å². The summed E-state index contributed by atoms with van der Waals surface area (Å²) >= 11 is 6.17. The number of hydrogen-bond donors (Lipinski definition) is 1. The van der Waals surface area contributed by atoms with Crippen LogP contribution in [-0.4, -0.2) is 24.6 Å². The highest BCUT2D eigenvalue weighted by Gasteiger charge is 2.07. The zero-order chi connectivity index (χ0) is 13.5. The molecule has 1 N–H and O–H groups in total. The molecule has 0 fully saturated rings. The summed E-state index contributed by atoms with van der Waals surface area (Å²) in [7, 11) is 2.07. The van der Waals surface area contributed by atoms with E-state index in [0.717, 1.165) is 29.5 Å². The highest BCUT2D eigenvalue weighted by molar-refractivity contribution is 6.31. The van der Waals surface area contributed by atoms with E-state index in [4.69, 9.17) is 11.6 Å². The molecule has 0 aliphatic heterocycles. The molecule has 0 bridgehead atoms. The van der Waals surface area contributed by atoms with Crippen molar-refractivity contribution >= 4 is 17.4 Å². The fourth-order valence-electron chi connectivity index (χ4n) is 1.64. The maximum atomic E-state index is 6.17. The predicted octanol–water partition coefficient (Wildman–Crippen LogP) is 3.47. The van der Waals surface area contributed by atoms with Gasteiger partial charge in [0.2, 0.25) is 0 Å². The highest BCUT2D eigenvalue weighted by atomic mass is 35.5. The Kier molecular flexibility index (Phi) is 6.44. The van der Waals surface area contributed by atoms with Gasteiger partial charge in [0, 0.05) is 32.4 Å². The van der Waals surface area contributed by atoms with Gasteiger partial charge in [0.25, 0.3) is 0 Å². The van der Waals surface area contributed by atoms with Gasteiger partial charge in [-0.3, -0.25) is 0 Å². The molecule has 1 rings (SSSR count). The lowest BCUT2D eigenvalue weighted by atomic mass is 10.2. The Hall–Kier alpha value is -0.800. The quantitative estimate of drug-likeness (QED) is 0.822. The normalized spacial score (nSPS) is 11.0. The van der Waals surface area contributed by atoms with Crippen molar-refractivity contribution in [1.82, 2.24) is 10.3 Å². The van der Waals surface area contributed by atoms with E-state index in [2.05, 4.69) is 49.1 Å². The lowest BCUT2D eigenvalue weighted by Crippen LogP contribution is -2.23. The summed E-state index contributed by atoms with van der Waals surface area (Å²) in [6.07, 6.45) is 4.12. The van der Waals surface area contributed by atoms with Crippen molar-refractivity contribution in [1.29, 1.82) is 0 Å². The maximum absolute atomic E-state index is 6.17. The Morgan fingerprint density at radius 1 is 1.44 bits per heavy atom. The van der Waals surface area contributed by atoms with Crippen LogP contribution in [0.4, 0.5) is 5.82 Å². The van der Waals surface area contributed by atoms with Crippen LogP contribution in [0.15, 0.2) is 12.3 Å². The van der Waals surface area contributed by atoms with Crippen molar-refractivity contribution in [2.75, 3.05) is 18.5 Å². The zero-order valence-electron chi connectivity index (χ0n) is 11.8. The van der Waals surface area contributed by atoms with Crippen LogP contribution in [-0.2, 0) is 6.54 Å². The van der Waals surface area contributed by atoms with E-state index >= 15 is 0 Å². The first-order valence-electron chi connectivity index (χ1n) is 6.63. The summed E-state index contributed by atoms with van der Waals surface area (Å²) in [6, 6.07) is 2.53. The molecule has 102 valence electrons. The van der Waals surface area contributed by atoms with E-state index in [1.165, 1.54) is 12.8 Å². The standard InChI is InChI=1S/C14H24ClN3/c1-5-6-7-18(4)14-8-12(9-16-11(2)3)13(15)10-17-14/h8,10-11,16H,5-7,9H2,1-4H3. The van der Waals surface area contributed by atoms with Gasteiger partial charge >= 0.3 is 0 Å². The zero-order valence-corrected chi connectivity index (χ0v) is 12.6. The van der Waals surface area contributed by atoms with Crippen molar-refractivity contribution in [2.45, 2.75) is 46.2 Å². The third-order valence-electron chi connectivity index (χ3n) is 2.86. The molecule has 0 radical (unpaired) electrons. The molecule has 1 aromatic rings. The Morgan fingerprint density at radius 3 is 2.78 bits per heavy atom. The second-order valence-electron chi connectivity index (χ2n) is 4.94. The minimum Gasteiger partial charge on any atom is -0.360 e. The monoisotopic (exact) mass is 269 g/mol. The molecule has 0 unspecified atom stereocenters. The van der Waals surface area contributed by atoms with Gasteiger partial charge in [-0.1, -0.05) is 38.8 Å². The van der Waals surface area contributed by atoms with Crippen LogP contribution in [0, 0.1) is 0 Å². The first-order chi connectivity index (χ1) is 8.54. The molecule has 0 aromatic carbocycles. The van der Waals surface area contributed by atoms with Gasteiger partial charge in [-0.15, -0.1) is 0 Å². The maximum Gasteiger partial charge on any atom is 0.128 e. The van der Waals surface area contributed by atoms with Gasteiger partial charge < -0.3 is 10.2 Å². The van der Waals surface area contributed by atoms with E-state index in [-0.39, 0.29) is 0 Å². The van der Waals surface area contributed by atoms with Gasteiger partial charge in [0.15, 0.2) is 0 Å². The van der Waals surface area contributed by atoms with Gasteiger partial charge in [-0.05, 0) is 18.1 Å². The number of rotatable bonds is 7. The van der Waals surface area contributed by atoms with E-state index in [1.807, 2.05) is 0 Å². The lowest BCUT2D eigenvalue weighted by molar-refractivity contribution is 0.588. The fraction of sp³-hybridized carbons (Fsp3) is 0.643. The number of nitrogens with one attached hydrogen (secondary N) is 1. The molecule has 0 aliphatic carbocycles. The van der Waals surface area contributed by atoms with Crippen LogP contribution >= 0.6 is 11.6 Å². The summed E-state index contributed by atoms with van der Waals surface area (Å²) in [5.74, 6) is 0.994. The summed E-state index contributed by atoms with van der Waals surface area (Å²) in [5.41, 5.74) is 1.11. The molecule has 1 aromatic heterocycles. The molecule has 4 heteroatoms. The Labute approximate surface area is 116 Å². The van der Waals surface area contributed by atoms with Gasteiger partial charge in [-0.25, -0.2) is 4.98 Å². The van der Waals surface area contributed by atoms with Crippen molar-refractivity contribution in [2.24, 2.45) is 0 Å². The average Bonchev–Trinajstić information content (AvgIpc) is 2.34. The third kappa shape index (κ3) is 4.83.